The molecule has 1 nitrogen and oxygen atoms in total. The van der Waals surface area contributed by atoms with Crippen molar-refractivity contribution in [1.82, 2.24) is 0 Å². The summed E-state index contributed by atoms with van der Waals surface area (Å²) in [5.74, 6) is 1.76. The highest BCUT2D eigenvalue weighted by atomic mass is 16.3. The van der Waals surface area contributed by atoms with E-state index in [2.05, 4.69) is 52.0 Å². The van der Waals surface area contributed by atoms with Gasteiger partial charge in [0, 0.05) is 0 Å². The molecule has 3 unspecified atom stereocenters. The molecule has 1 fully saturated rings. The van der Waals surface area contributed by atoms with Gasteiger partial charge in [0.15, 0.2) is 0 Å². The van der Waals surface area contributed by atoms with Gasteiger partial charge in [-0.15, -0.1) is 0 Å². The summed E-state index contributed by atoms with van der Waals surface area (Å²) >= 11 is 0. The third-order valence-electron chi connectivity index (χ3n) is 4.66. The van der Waals surface area contributed by atoms with E-state index in [1.54, 1.807) is 0 Å². The zero-order chi connectivity index (χ0) is 14.0. The molecule has 0 aromatic heterocycles. The highest BCUT2D eigenvalue weighted by molar-refractivity contribution is 5.29. The first kappa shape index (κ1) is 14.6. The first-order valence-electron chi connectivity index (χ1n) is 7.73. The van der Waals surface area contributed by atoms with Crippen LogP contribution >= 0.6 is 0 Å². The SMILES string of the molecule is CC(C)Cc1cccc(C2(O)CCC(C)CC2C)c1. The molecular formula is C18H28O. The minimum atomic E-state index is -0.612. The second-order valence-electron chi connectivity index (χ2n) is 7.00. The summed E-state index contributed by atoms with van der Waals surface area (Å²) < 4.78 is 0. The molecule has 0 bridgehead atoms. The molecule has 1 heteroatoms. The molecule has 0 radical (unpaired) electrons. The van der Waals surface area contributed by atoms with E-state index in [0.717, 1.165) is 37.2 Å². The Kier molecular flexibility index (Phi) is 4.35. The lowest BCUT2D eigenvalue weighted by Crippen LogP contribution is -2.38. The zero-order valence-electron chi connectivity index (χ0n) is 12.8. The molecule has 2 rings (SSSR count). The minimum Gasteiger partial charge on any atom is -0.385 e. The number of aliphatic hydroxyl groups is 1. The van der Waals surface area contributed by atoms with Gasteiger partial charge in [0.25, 0.3) is 0 Å². The van der Waals surface area contributed by atoms with Crippen LogP contribution in [-0.4, -0.2) is 5.11 Å². The molecule has 1 N–H and O–H groups in total. The van der Waals surface area contributed by atoms with E-state index in [-0.39, 0.29) is 0 Å². The standard InChI is InChI=1S/C18H28O/c1-13(2)10-16-6-5-7-17(12-16)18(19)9-8-14(3)11-15(18)4/h5-7,12-15,19H,8-11H2,1-4H3. The summed E-state index contributed by atoms with van der Waals surface area (Å²) in [6.45, 7) is 8.98. The summed E-state index contributed by atoms with van der Waals surface area (Å²) in [5, 5.41) is 11.1. The maximum atomic E-state index is 11.1. The molecule has 1 aliphatic rings. The molecule has 3 atom stereocenters. The van der Waals surface area contributed by atoms with Crippen LogP contribution in [0.25, 0.3) is 0 Å². The number of benzene rings is 1. The summed E-state index contributed by atoms with van der Waals surface area (Å²) in [7, 11) is 0. The lowest BCUT2D eigenvalue weighted by Gasteiger charge is -2.41. The Balaban J connectivity index is 2.25. The van der Waals surface area contributed by atoms with Gasteiger partial charge in [-0.25, -0.2) is 0 Å². The second kappa shape index (κ2) is 5.66. The first-order chi connectivity index (χ1) is 8.91. The quantitative estimate of drug-likeness (QED) is 0.846. The Morgan fingerprint density at radius 2 is 2.05 bits per heavy atom. The molecule has 0 saturated heterocycles. The van der Waals surface area contributed by atoms with E-state index in [1.807, 2.05) is 0 Å². The van der Waals surface area contributed by atoms with Crippen molar-refractivity contribution in [3.8, 4) is 0 Å². The number of hydrogen-bond acceptors (Lipinski definition) is 1. The van der Waals surface area contributed by atoms with E-state index in [9.17, 15) is 5.11 Å². The lowest BCUT2D eigenvalue weighted by atomic mass is 9.69. The van der Waals surface area contributed by atoms with Crippen LogP contribution in [0.1, 0.15) is 58.1 Å². The van der Waals surface area contributed by atoms with Gasteiger partial charge in [-0.1, -0.05) is 52.0 Å². The van der Waals surface area contributed by atoms with Crippen molar-refractivity contribution >= 4 is 0 Å². The lowest BCUT2D eigenvalue weighted by molar-refractivity contribution is -0.0588. The Labute approximate surface area is 118 Å². The Hall–Kier alpha value is -0.820. The van der Waals surface area contributed by atoms with Crippen LogP contribution in [0.15, 0.2) is 24.3 Å². The van der Waals surface area contributed by atoms with Crippen LogP contribution in [0.2, 0.25) is 0 Å². The van der Waals surface area contributed by atoms with Gasteiger partial charge >= 0.3 is 0 Å². The van der Waals surface area contributed by atoms with Gasteiger partial charge in [-0.3, -0.25) is 0 Å². The van der Waals surface area contributed by atoms with E-state index in [0.29, 0.717) is 11.8 Å². The highest BCUT2D eigenvalue weighted by Gasteiger charge is 2.39. The van der Waals surface area contributed by atoms with Crippen molar-refractivity contribution in [2.75, 3.05) is 0 Å². The van der Waals surface area contributed by atoms with Gasteiger partial charge in [-0.2, -0.15) is 0 Å². The number of rotatable bonds is 3. The van der Waals surface area contributed by atoms with Gasteiger partial charge in [0.05, 0.1) is 5.60 Å². The first-order valence-corrected chi connectivity index (χ1v) is 7.73. The van der Waals surface area contributed by atoms with Crippen molar-refractivity contribution in [2.24, 2.45) is 17.8 Å². The van der Waals surface area contributed by atoms with Crippen LogP contribution in [0.3, 0.4) is 0 Å². The van der Waals surface area contributed by atoms with Crippen LogP contribution in [-0.2, 0) is 12.0 Å². The van der Waals surface area contributed by atoms with Crippen LogP contribution in [0.4, 0.5) is 0 Å². The van der Waals surface area contributed by atoms with Gasteiger partial charge in [0.1, 0.15) is 0 Å². The fraction of sp³-hybridized carbons (Fsp3) is 0.667. The number of hydrogen-bond donors (Lipinski definition) is 1. The van der Waals surface area contributed by atoms with Gasteiger partial charge < -0.3 is 5.11 Å². The average molecular weight is 260 g/mol. The Morgan fingerprint density at radius 3 is 2.68 bits per heavy atom. The monoisotopic (exact) mass is 260 g/mol. The molecule has 19 heavy (non-hydrogen) atoms. The maximum absolute atomic E-state index is 11.1. The van der Waals surface area contributed by atoms with E-state index in [1.165, 1.54) is 5.56 Å². The largest absolute Gasteiger partial charge is 0.385 e. The predicted octanol–water partition coefficient (Wildman–Crippen LogP) is 4.53. The van der Waals surface area contributed by atoms with E-state index < -0.39 is 5.60 Å². The topological polar surface area (TPSA) is 20.2 Å². The molecule has 1 aromatic rings. The second-order valence-corrected chi connectivity index (χ2v) is 7.00. The Bertz CT molecular complexity index is 423. The Morgan fingerprint density at radius 1 is 1.32 bits per heavy atom. The van der Waals surface area contributed by atoms with Gasteiger partial charge in [0.2, 0.25) is 0 Å². The van der Waals surface area contributed by atoms with Crippen LogP contribution in [0.5, 0.6) is 0 Å². The summed E-state index contributed by atoms with van der Waals surface area (Å²) in [6, 6.07) is 8.63. The third kappa shape index (κ3) is 3.20. The fourth-order valence-electron chi connectivity index (χ4n) is 3.50. The zero-order valence-corrected chi connectivity index (χ0v) is 12.8. The minimum absolute atomic E-state index is 0.352. The predicted molar refractivity (Wildman–Crippen MR) is 81.1 cm³/mol. The fourth-order valence-corrected chi connectivity index (χ4v) is 3.50. The average Bonchev–Trinajstić information content (AvgIpc) is 2.34. The molecule has 106 valence electrons. The van der Waals surface area contributed by atoms with Crippen LogP contribution < -0.4 is 0 Å². The van der Waals surface area contributed by atoms with Gasteiger partial charge in [-0.05, 0) is 54.6 Å². The van der Waals surface area contributed by atoms with E-state index in [4.69, 9.17) is 0 Å². The van der Waals surface area contributed by atoms with Crippen molar-refractivity contribution < 1.29 is 5.11 Å². The van der Waals surface area contributed by atoms with Crippen molar-refractivity contribution in [2.45, 2.75) is 59.0 Å². The molecule has 0 aliphatic heterocycles. The third-order valence-corrected chi connectivity index (χ3v) is 4.66. The van der Waals surface area contributed by atoms with Crippen LogP contribution in [0, 0.1) is 17.8 Å². The molecule has 1 aromatic carbocycles. The molecule has 1 aliphatic carbocycles. The highest BCUT2D eigenvalue weighted by Crippen LogP contribution is 2.43. The molecular weight excluding hydrogens is 232 g/mol. The van der Waals surface area contributed by atoms with Crippen molar-refractivity contribution in [1.29, 1.82) is 0 Å². The van der Waals surface area contributed by atoms with E-state index >= 15 is 0 Å². The smallest absolute Gasteiger partial charge is 0.0922 e. The maximum Gasteiger partial charge on any atom is 0.0922 e. The van der Waals surface area contributed by atoms with Crippen molar-refractivity contribution in [3.05, 3.63) is 35.4 Å². The summed E-state index contributed by atoms with van der Waals surface area (Å²) in [5.41, 5.74) is 1.87. The van der Waals surface area contributed by atoms with Crippen molar-refractivity contribution in [3.63, 3.8) is 0 Å². The molecule has 0 heterocycles. The molecule has 0 amide bonds. The molecule has 0 spiro atoms. The summed E-state index contributed by atoms with van der Waals surface area (Å²) in [4.78, 5) is 0. The molecule has 1 saturated carbocycles. The normalized spacial score (nSPS) is 31.7. The summed E-state index contributed by atoms with van der Waals surface area (Å²) in [6.07, 6.45) is 4.26.